The van der Waals surface area contributed by atoms with E-state index in [-0.39, 0.29) is 17.4 Å². The van der Waals surface area contributed by atoms with Gasteiger partial charge in [0.25, 0.3) is 0 Å². The Morgan fingerprint density at radius 3 is 2.40 bits per heavy atom. The normalized spacial score (nSPS) is 13.3. The van der Waals surface area contributed by atoms with Crippen LogP contribution in [0.3, 0.4) is 0 Å². The van der Waals surface area contributed by atoms with Crippen LogP contribution < -0.4 is 5.32 Å². The summed E-state index contributed by atoms with van der Waals surface area (Å²) in [6.07, 6.45) is 1.76. The van der Waals surface area contributed by atoms with E-state index in [0.29, 0.717) is 6.42 Å². The van der Waals surface area contributed by atoms with Crippen LogP contribution >= 0.6 is 15.9 Å². The fourth-order valence-electron chi connectivity index (χ4n) is 2.04. The number of nitrogens with one attached hydrogen (secondary N) is 1. The standard InChI is InChI=1S/C15H24BrNO2S/c1-3-10-17-12-14(9-11-20(18,19)4-2)13-5-7-15(16)8-6-13/h5-8,14,17H,3-4,9-12H2,1-2H3. The molecule has 1 unspecified atom stereocenters. The number of sulfone groups is 1. The lowest BCUT2D eigenvalue weighted by Crippen LogP contribution is -2.24. The summed E-state index contributed by atoms with van der Waals surface area (Å²) in [7, 11) is -2.90. The van der Waals surface area contributed by atoms with Crippen LogP contribution in [0.1, 0.15) is 38.2 Å². The smallest absolute Gasteiger partial charge is 0.150 e. The zero-order valence-electron chi connectivity index (χ0n) is 12.2. The van der Waals surface area contributed by atoms with Gasteiger partial charge in [0.05, 0.1) is 5.75 Å². The van der Waals surface area contributed by atoms with Crippen molar-refractivity contribution in [3.63, 3.8) is 0 Å². The van der Waals surface area contributed by atoms with E-state index < -0.39 is 9.84 Å². The van der Waals surface area contributed by atoms with E-state index in [1.54, 1.807) is 6.92 Å². The van der Waals surface area contributed by atoms with Crippen molar-refractivity contribution >= 4 is 25.8 Å². The molecule has 0 radical (unpaired) electrons. The van der Waals surface area contributed by atoms with Gasteiger partial charge in [-0.15, -0.1) is 0 Å². The van der Waals surface area contributed by atoms with Gasteiger partial charge < -0.3 is 5.32 Å². The van der Waals surface area contributed by atoms with Crippen LogP contribution in [-0.4, -0.2) is 33.0 Å². The fourth-order valence-corrected chi connectivity index (χ4v) is 3.24. The molecule has 3 nitrogen and oxygen atoms in total. The summed E-state index contributed by atoms with van der Waals surface area (Å²) in [5.74, 6) is 0.733. The van der Waals surface area contributed by atoms with Gasteiger partial charge in [-0.1, -0.05) is 41.9 Å². The van der Waals surface area contributed by atoms with Crippen molar-refractivity contribution in [2.75, 3.05) is 24.6 Å². The molecular formula is C15H24BrNO2S. The molecule has 1 N–H and O–H groups in total. The minimum Gasteiger partial charge on any atom is -0.316 e. The van der Waals surface area contributed by atoms with Gasteiger partial charge in [0.15, 0.2) is 0 Å². The summed E-state index contributed by atoms with van der Waals surface area (Å²) in [5, 5.41) is 3.40. The molecule has 5 heteroatoms. The number of hydrogen-bond donors (Lipinski definition) is 1. The molecule has 0 bridgehead atoms. The van der Waals surface area contributed by atoms with E-state index in [9.17, 15) is 8.42 Å². The van der Waals surface area contributed by atoms with E-state index in [0.717, 1.165) is 24.0 Å². The molecule has 0 amide bonds. The predicted molar refractivity (Wildman–Crippen MR) is 89.0 cm³/mol. The molecule has 0 spiro atoms. The molecule has 0 aliphatic carbocycles. The maximum absolute atomic E-state index is 11.7. The van der Waals surface area contributed by atoms with Gasteiger partial charge in [-0.25, -0.2) is 8.42 Å². The maximum atomic E-state index is 11.7. The Bertz CT molecular complexity index is 485. The maximum Gasteiger partial charge on any atom is 0.150 e. The second-order valence-electron chi connectivity index (χ2n) is 4.98. The van der Waals surface area contributed by atoms with Gasteiger partial charge >= 0.3 is 0 Å². The molecule has 1 rings (SSSR count). The van der Waals surface area contributed by atoms with Crippen LogP contribution in [-0.2, 0) is 9.84 Å². The second-order valence-corrected chi connectivity index (χ2v) is 8.37. The average Bonchev–Trinajstić information content (AvgIpc) is 2.44. The Balaban J connectivity index is 2.71. The molecule has 1 atom stereocenters. The second kappa shape index (κ2) is 8.80. The minimum absolute atomic E-state index is 0.225. The van der Waals surface area contributed by atoms with Crippen LogP contribution in [0.4, 0.5) is 0 Å². The van der Waals surface area contributed by atoms with Crippen LogP contribution in [0.2, 0.25) is 0 Å². The molecule has 0 fully saturated rings. The van der Waals surface area contributed by atoms with Crippen molar-refractivity contribution in [3.8, 4) is 0 Å². The molecular weight excluding hydrogens is 338 g/mol. The Labute approximate surface area is 131 Å². The van der Waals surface area contributed by atoms with Crippen LogP contribution in [0.15, 0.2) is 28.7 Å². The zero-order valence-corrected chi connectivity index (χ0v) is 14.6. The first-order valence-electron chi connectivity index (χ1n) is 7.15. The Morgan fingerprint density at radius 1 is 1.20 bits per heavy atom. The topological polar surface area (TPSA) is 46.2 Å². The largest absolute Gasteiger partial charge is 0.316 e. The highest BCUT2D eigenvalue weighted by Crippen LogP contribution is 2.22. The third-order valence-corrected chi connectivity index (χ3v) is 5.64. The molecule has 0 heterocycles. The van der Waals surface area contributed by atoms with Crippen molar-refractivity contribution in [3.05, 3.63) is 34.3 Å². The summed E-state index contributed by atoms with van der Waals surface area (Å²) in [5.41, 5.74) is 1.20. The first kappa shape index (κ1) is 17.7. The van der Waals surface area contributed by atoms with Crippen molar-refractivity contribution in [1.82, 2.24) is 5.32 Å². The van der Waals surface area contributed by atoms with Gasteiger partial charge in [0.2, 0.25) is 0 Å². The van der Waals surface area contributed by atoms with E-state index in [1.807, 2.05) is 12.1 Å². The highest BCUT2D eigenvalue weighted by Gasteiger charge is 2.15. The number of hydrogen-bond acceptors (Lipinski definition) is 3. The molecule has 0 aliphatic heterocycles. The van der Waals surface area contributed by atoms with E-state index in [1.165, 1.54) is 5.56 Å². The lowest BCUT2D eigenvalue weighted by molar-refractivity contribution is 0.554. The molecule has 1 aromatic rings. The van der Waals surface area contributed by atoms with Gasteiger partial charge in [-0.05, 0) is 43.0 Å². The first-order chi connectivity index (χ1) is 9.48. The summed E-state index contributed by atoms with van der Waals surface area (Å²) in [6, 6.07) is 8.16. The third kappa shape index (κ3) is 6.37. The third-order valence-electron chi connectivity index (χ3n) is 3.38. The Morgan fingerprint density at radius 2 is 1.85 bits per heavy atom. The zero-order chi connectivity index (χ0) is 15.0. The first-order valence-corrected chi connectivity index (χ1v) is 9.76. The Hall–Kier alpha value is -0.390. The molecule has 0 aromatic heterocycles. The molecule has 0 saturated heterocycles. The monoisotopic (exact) mass is 361 g/mol. The number of halogens is 1. The highest BCUT2D eigenvalue weighted by molar-refractivity contribution is 9.10. The molecule has 1 aromatic carbocycles. The average molecular weight is 362 g/mol. The minimum atomic E-state index is -2.90. The molecule has 20 heavy (non-hydrogen) atoms. The summed E-state index contributed by atoms with van der Waals surface area (Å²) < 4.78 is 24.4. The number of benzene rings is 1. The van der Waals surface area contributed by atoms with Crippen LogP contribution in [0, 0.1) is 0 Å². The van der Waals surface area contributed by atoms with Crippen molar-refractivity contribution < 1.29 is 8.42 Å². The lowest BCUT2D eigenvalue weighted by atomic mass is 9.96. The summed E-state index contributed by atoms with van der Waals surface area (Å²) in [4.78, 5) is 0. The van der Waals surface area contributed by atoms with Gasteiger partial charge in [-0.3, -0.25) is 0 Å². The summed E-state index contributed by atoms with van der Waals surface area (Å²) >= 11 is 3.43. The van der Waals surface area contributed by atoms with Gasteiger partial charge in [0.1, 0.15) is 9.84 Å². The van der Waals surface area contributed by atoms with E-state index >= 15 is 0 Å². The predicted octanol–water partition coefficient (Wildman–Crippen LogP) is 3.36. The van der Waals surface area contributed by atoms with Gasteiger partial charge in [-0.2, -0.15) is 0 Å². The van der Waals surface area contributed by atoms with E-state index in [4.69, 9.17) is 0 Å². The highest BCUT2D eigenvalue weighted by atomic mass is 79.9. The quantitative estimate of drug-likeness (QED) is 0.686. The lowest BCUT2D eigenvalue weighted by Gasteiger charge is -2.18. The SMILES string of the molecule is CCCNCC(CCS(=O)(=O)CC)c1ccc(Br)cc1. The molecule has 114 valence electrons. The van der Waals surface area contributed by atoms with E-state index in [2.05, 4.69) is 40.3 Å². The van der Waals surface area contributed by atoms with Crippen molar-refractivity contribution in [1.29, 1.82) is 0 Å². The van der Waals surface area contributed by atoms with Gasteiger partial charge in [0, 0.05) is 16.8 Å². The Kier molecular flexibility index (Phi) is 7.77. The van der Waals surface area contributed by atoms with Crippen molar-refractivity contribution in [2.45, 2.75) is 32.6 Å². The van der Waals surface area contributed by atoms with Crippen molar-refractivity contribution in [2.24, 2.45) is 0 Å². The van der Waals surface area contributed by atoms with Crippen LogP contribution in [0.25, 0.3) is 0 Å². The summed E-state index contributed by atoms with van der Waals surface area (Å²) in [6.45, 7) is 5.63. The van der Waals surface area contributed by atoms with Crippen LogP contribution in [0.5, 0.6) is 0 Å². The number of rotatable bonds is 9. The molecule has 0 saturated carbocycles. The fraction of sp³-hybridized carbons (Fsp3) is 0.600. The molecule has 0 aliphatic rings.